The van der Waals surface area contributed by atoms with Crippen LogP contribution in [-0.2, 0) is 33.3 Å². The van der Waals surface area contributed by atoms with Crippen LogP contribution in [0.15, 0.2) is 57.2 Å². The van der Waals surface area contributed by atoms with Gasteiger partial charge in [-0.05, 0) is 39.3 Å². The molecule has 2 saturated heterocycles. The minimum absolute atomic E-state index is 0.0323. The highest BCUT2D eigenvalue weighted by Crippen LogP contribution is 2.51. The molecule has 4 heterocycles. The van der Waals surface area contributed by atoms with Gasteiger partial charge in [-0.25, -0.2) is 0 Å². The molecule has 6 aliphatic rings. The number of fused-ring (bicyclic) bond motifs is 5. The SMILES string of the molecule is CCC1OC(C)(O)CN2C(C)=CC3=C4C(=O)C5=C(C(=O)C=C4C(=O)C3=C12)C1(O)C(O5)OC(C)C(OC)C1O. The highest BCUT2D eigenvalue weighted by Gasteiger charge is 2.65. The lowest BCUT2D eigenvalue weighted by Gasteiger charge is -2.46. The summed E-state index contributed by atoms with van der Waals surface area (Å²) in [6.45, 7) is 6.88. The number of rotatable bonds is 2. The standard InChI is InChI=1S/C27H29NO10/c1-6-15-19-17-12(7-10(2)28(19)9-26(4,33)38-15)16-13(20(17)30)8-14(29)18-23(21(16)31)37-25-27(18,34)24(32)22(35-5)11(3)36-25/h7-8,11,15,22,24-25,32-34H,6,9H2,1-5H3. The van der Waals surface area contributed by atoms with E-state index < -0.39 is 70.8 Å². The number of aliphatic hydroxyl groups is 3. The van der Waals surface area contributed by atoms with Gasteiger partial charge in [-0.15, -0.1) is 0 Å². The van der Waals surface area contributed by atoms with Crippen molar-refractivity contribution in [3.8, 4) is 0 Å². The van der Waals surface area contributed by atoms with E-state index in [1.807, 2.05) is 6.92 Å². The molecule has 7 atom stereocenters. The van der Waals surface area contributed by atoms with Gasteiger partial charge in [-0.2, -0.15) is 0 Å². The molecule has 7 unspecified atom stereocenters. The first-order valence-electron chi connectivity index (χ1n) is 12.6. The van der Waals surface area contributed by atoms with Gasteiger partial charge in [-0.3, -0.25) is 14.4 Å². The maximum absolute atomic E-state index is 14.0. The molecule has 2 fully saturated rings. The van der Waals surface area contributed by atoms with E-state index in [1.165, 1.54) is 7.11 Å². The van der Waals surface area contributed by atoms with Gasteiger partial charge in [0.15, 0.2) is 28.7 Å². The summed E-state index contributed by atoms with van der Waals surface area (Å²) in [6.07, 6.45) is -2.39. The molecule has 2 aliphatic carbocycles. The Morgan fingerprint density at radius 3 is 2.53 bits per heavy atom. The van der Waals surface area contributed by atoms with Crippen LogP contribution in [0.5, 0.6) is 0 Å². The van der Waals surface area contributed by atoms with Gasteiger partial charge < -0.3 is 39.2 Å². The van der Waals surface area contributed by atoms with E-state index in [1.54, 1.807) is 31.7 Å². The van der Waals surface area contributed by atoms with Crippen molar-refractivity contribution in [3.63, 3.8) is 0 Å². The predicted molar refractivity (Wildman–Crippen MR) is 128 cm³/mol. The van der Waals surface area contributed by atoms with Crippen molar-refractivity contribution in [2.45, 2.75) is 76.2 Å². The maximum Gasteiger partial charge on any atom is 0.236 e. The normalized spacial score (nSPS) is 40.3. The quantitative estimate of drug-likeness (QED) is 0.447. The van der Waals surface area contributed by atoms with Gasteiger partial charge in [0.2, 0.25) is 12.1 Å². The summed E-state index contributed by atoms with van der Waals surface area (Å²) < 4.78 is 22.6. The smallest absolute Gasteiger partial charge is 0.236 e. The van der Waals surface area contributed by atoms with Crippen LogP contribution in [0.4, 0.5) is 0 Å². The Balaban J connectivity index is 1.54. The Morgan fingerprint density at radius 2 is 1.87 bits per heavy atom. The first kappa shape index (κ1) is 25.4. The van der Waals surface area contributed by atoms with Crippen LogP contribution < -0.4 is 0 Å². The van der Waals surface area contributed by atoms with Gasteiger partial charge in [0, 0.05) is 29.5 Å². The summed E-state index contributed by atoms with van der Waals surface area (Å²) in [5.41, 5.74) is -1.27. The number of aliphatic hydroxyl groups excluding tert-OH is 1. The summed E-state index contributed by atoms with van der Waals surface area (Å²) in [5, 5.41) is 33.2. The fraction of sp³-hybridized carbons (Fsp3) is 0.519. The van der Waals surface area contributed by atoms with E-state index in [9.17, 15) is 29.7 Å². The number of nitrogens with zero attached hydrogens (tertiary/aromatic N) is 1. The highest BCUT2D eigenvalue weighted by molar-refractivity contribution is 6.34. The Kier molecular flexibility index (Phi) is 5.37. The van der Waals surface area contributed by atoms with E-state index >= 15 is 0 Å². The molecule has 0 bridgehead atoms. The molecule has 0 aromatic heterocycles. The number of methoxy groups -OCH3 is 1. The number of hydrogen-bond donors (Lipinski definition) is 3. The minimum Gasteiger partial charge on any atom is -0.457 e. The number of allylic oxidation sites excluding steroid dienone is 7. The van der Waals surface area contributed by atoms with Gasteiger partial charge >= 0.3 is 0 Å². The van der Waals surface area contributed by atoms with E-state index in [2.05, 4.69) is 0 Å². The first-order chi connectivity index (χ1) is 17.9. The zero-order valence-electron chi connectivity index (χ0n) is 21.6. The Morgan fingerprint density at radius 1 is 1.16 bits per heavy atom. The Bertz CT molecular complexity index is 1360. The minimum atomic E-state index is -2.38. The molecule has 0 radical (unpaired) electrons. The van der Waals surface area contributed by atoms with E-state index in [4.69, 9.17) is 18.9 Å². The van der Waals surface area contributed by atoms with Crippen molar-refractivity contribution in [1.82, 2.24) is 4.90 Å². The second-order valence-corrected chi connectivity index (χ2v) is 10.7. The van der Waals surface area contributed by atoms with E-state index in [0.29, 0.717) is 23.4 Å². The van der Waals surface area contributed by atoms with Crippen LogP contribution in [-0.4, -0.2) is 93.3 Å². The molecule has 0 saturated carbocycles. The monoisotopic (exact) mass is 527 g/mol. The van der Waals surface area contributed by atoms with Gasteiger partial charge in [0.1, 0.15) is 18.3 Å². The van der Waals surface area contributed by atoms with Gasteiger partial charge in [0.25, 0.3) is 0 Å². The van der Waals surface area contributed by atoms with Crippen molar-refractivity contribution in [1.29, 1.82) is 0 Å². The molecule has 11 heteroatoms. The van der Waals surface area contributed by atoms with Crippen LogP contribution in [0.25, 0.3) is 0 Å². The van der Waals surface area contributed by atoms with Crippen LogP contribution in [0.2, 0.25) is 0 Å². The van der Waals surface area contributed by atoms with Crippen molar-refractivity contribution in [2.24, 2.45) is 0 Å². The van der Waals surface area contributed by atoms with Crippen LogP contribution >= 0.6 is 0 Å². The molecule has 6 rings (SSSR count). The average Bonchev–Trinajstić information content (AvgIpc) is 3.25. The lowest BCUT2D eigenvalue weighted by molar-refractivity contribution is -0.303. The first-order valence-corrected chi connectivity index (χ1v) is 12.6. The summed E-state index contributed by atoms with van der Waals surface area (Å²) in [4.78, 5) is 43.2. The maximum atomic E-state index is 14.0. The van der Waals surface area contributed by atoms with Crippen molar-refractivity contribution < 1.29 is 48.7 Å². The molecule has 4 aliphatic heterocycles. The molecule has 0 spiro atoms. The zero-order chi connectivity index (χ0) is 27.5. The summed E-state index contributed by atoms with van der Waals surface area (Å²) >= 11 is 0. The molecule has 0 amide bonds. The summed E-state index contributed by atoms with van der Waals surface area (Å²) in [6, 6.07) is 0. The molecule has 0 aromatic rings. The second-order valence-electron chi connectivity index (χ2n) is 10.7. The number of ketones is 3. The number of hydrogen-bond acceptors (Lipinski definition) is 11. The Labute approximate surface area is 218 Å². The molecule has 3 N–H and O–H groups in total. The lowest BCUT2D eigenvalue weighted by Crippen LogP contribution is -2.65. The molecule has 38 heavy (non-hydrogen) atoms. The lowest BCUT2D eigenvalue weighted by atomic mass is 9.79. The third-order valence-electron chi connectivity index (χ3n) is 8.13. The van der Waals surface area contributed by atoms with Crippen molar-refractivity contribution >= 4 is 17.3 Å². The largest absolute Gasteiger partial charge is 0.457 e. The average molecular weight is 528 g/mol. The van der Waals surface area contributed by atoms with E-state index in [-0.39, 0.29) is 23.3 Å². The van der Waals surface area contributed by atoms with Crippen LogP contribution in [0, 0.1) is 0 Å². The second kappa shape index (κ2) is 8.04. The van der Waals surface area contributed by atoms with Crippen LogP contribution in [0.1, 0.15) is 34.1 Å². The number of Topliss-reactive ketones (excluding diaryl/α,β-unsaturated/α-hetero) is 2. The van der Waals surface area contributed by atoms with Gasteiger partial charge in [0.05, 0.1) is 29.5 Å². The molecule has 202 valence electrons. The highest BCUT2D eigenvalue weighted by atomic mass is 16.7. The number of ether oxygens (including phenoxy) is 4. The molecular formula is C27H29NO10. The summed E-state index contributed by atoms with van der Waals surface area (Å²) in [7, 11) is 1.33. The Hall–Kier alpha value is -2.93. The third-order valence-corrected chi connectivity index (χ3v) is 8.13. The molecule has 11 nitrogen and oxygen atoms in total. The fourth-order valence-electron chi connectivity index (χ4n) is 6.42. The zero-order valence-corrected chi connectivity index (χ0v) is 21.6. The van der Waals surface area contributed by atoms with Crippen LogP contribution in [0.3, 0.4) is 0 Å². The predicted octanol–water partition coefficient (Wildman–Crippen LogP) is 0.0708. The summed E-state index contributed by atoms with van der Waals surface area (Å²) in [5.74, 6) is -4.09. The number of carbonyl (C=O) groups excluding carboxylic acids is 3. The fourth-order valence-corrected chi connectivity index (χ4v) is 6.42. The van der Waals surface area contributed by atoms with Crippen molar-refractivity contribution in [2.75, 3.05) is 13.7 Å². The van der Waals surface area contributed by atoms with Crippen molar-refractivity contribution in [3.05, 3.63) is 57.2 Å². The molecule has 0 aromatic carbocycles. The number of morpholine rings is 1. The number of carbonyl (C=O) groups is 3. The van der Waals surface area contributed by atoms with E-state index in [0.717, 1.165) is 6.08 Å². The molecular weight excluding hydrogens is 498 g/mol. The van der Waals surface area contributed by atoms with Gasteiger partial charge in [-0.1, -0.05) is 6.92 Å². The topological polar surface area (TPSA) is 152 Å². The third kappa shape index (κ3) is 3.08.